The predicted octanol–water partition coefficient (Wildman–Crippen LogP) is 3.02. The molecule has 98 valence electrons. The number of hydrogen-bond acceptors (Lipinski definition) is 4. The highest BCUT2D eigenvalue weighted by atomic mass is 32.1. The minimum atomic E-state index is -0.314. The van der Waals surface area contributed by atoms with Crippen LogP contribution in [0.1, 0.15) is 24.8 Å². The molecule has 1 aromatic carbocycles. The fourth-order valence-electron chi connectivity index (χ4n) is 1.88. The molecule has 2 aromatic rings. The van der Waals surface area contributed by atoms with E-state index in [-0.39, 0.29) is 6.10 Å². The number of thiazole rings is 1. The Kier molecular flexibility index (Phi) is 5.11. The molecule has 0 aliphatic heterocycles. The molecule has 0 saturated heterocycles. The number of para-hydroxylation sites is 1. The third-order valence-electron chi connectivity index (χ3n) is 2.78. The zero-order valence-electron chi connectivity index (χ0n) is 10.6. The summed E-state index contributed by atoms with van der Waals surface area (Å²) < 4.78 is 6.45. The van der Waals surface area contributed by atoms with Gasteiger partial charge in [-0.15, -0.1) is 11.3 Å². The van der Waals surface area contributed by atoms with Crippen molar-refractivity contribution in [2.45, 2.75) is 32.3 Å². The van der Waals surface area contributed by atoms with Gasteiger partial charge in [-0.3, -0.25) is 0 Å². The van der Waals surface area contributed by atoms with Gasteiger partial charge in [-0.1, -0.05) is 12.1 Å². The van der Waals surface area contributed by atoms with E-state index < -0.39 is 0 Å². The lowest BCUT2D eigenvalue weighted by molar-refractivity contribution is 0.114. The molecule has 0 amide bonds. The molecule has 0 bridgehead atoms. The lowest BCUT2D eigenvalue weighted by Gasteiger charge is -2.08. The van der Waals surface area contributed by atoms with Crippen molar-refractivity contribution in [1.29, 1.82) is 0 Å². The summed E-state index contributed by atoms with van der Waals surface area (Å²) in [4.78, 5) is 4.52. The van der Waals surface area contributed by atoms with Gasteiger partial charge in [-0.05, 0) is 31.9 Å². The molecule has 0 radical (unpaired) electrons. The van der Waals surface area contributed by atoms with Crippen molar-refractivity contribution < 1.29 is 9.84 Å². The number of fused-ring (bicyclic) bond motifs is 1. The second-order valence-corrected chi connectivity index (χ2v) is 5.39. The SMILES string of the molecule is CCOCCCC(O)Cc1nc2ccccc2s1. The van der Waals surface area contributed by atoms with E-state index in [1.54, 1.807) is 11.3 Å². The van der Waals surface area contributed by atoms with Crippen molar-refractivity contribution >= 4 is 21.6 Å². The van der Waals surface area contributed by atoms with Crippen LogP contribution in [0.4, 0.5) is 0 Å². The Bertz CT molecular complexity index is 450. The number of aliphatic hydroxyl groups is 1. The molecule has 0 aliphatic carbocycles. The summed E-state index contributed by atoms with van der Waals surface area (Å²) in [5.41, 5.74) is 1.03. The van der Waals surface area contributed by atoms with E-state index in [0.717, 1.165) is 36.6 Å². The van der Waals surface area contributed by atoms with Crippen LogP contribution in [0, 0.1) is 0 Å². The first kappa shape index (κ1) is 13.5. The highest BCUT2D eigenvalue weighted by Crippen LogP contribution is 2.23. The average Bonchev–Trinajstić information content (AvgIpc) is 2.76. The Morgan fingerprint density at radius 2 is 2.22 bits per heavy atom. The minimum absolute atomic E-state index is 0.314. The number of hydrogen-bond donors (Lipinski definition) is 1. The van der Waals surface area contributed by atoms with Crippen LogP contribution in [-0.2, 0) is 11.2 Å². The molecule has 1 unspecified atom stereocenters. The predicted molar refractivity (Wildman–Crippen MR) is 75.1 cm³/mol. The molecule has 0 saturated carbocycles. The van der Waals surface area contributed by atoms with Gasteiger partial charge in [0.25, 0.3) is 0 Å². The topological polar surface area (TPSA) is 42.4 Å². The highest BCUT2D eigenvalue weighted by molar-refractivity contribution is 7.18. The van der Waals surface area contributed by atoms with Crippen LogP contribution in [0.15, 0.2) is 24.3 Å². The number of ether oxygens (including phenoxy) is 1. The molecule has 0 spiro atoms. The van der Waals surface area contributed by atoms with Crippen molar-refractivity contribution in [3.05, 3.63) is 29.3 Å². The number of aromatic nitrogens is 1. The standard InChI is InChI=1S/C14H19NO2S/c1-2-17-9-5-6-11(16)10-14-15-12-7-3-4-8-13(12)18-14/h3-4,7-8,11,16H,2,5-6,9-10H2,1H3. The van der Waals surface area contributed by atoms with E-state index in [0.29, 0.717) is 6.42 Å². The summed E-state index contributed by atoms with van der Waals surface area (Å²) in [5.74, 6) is 0. The molecule has 0 aliphatic rings. The molecule has 4 heteroatoms. The minimum Gasteiger partial charge on any atom is -0.393 e. The maximum Gasteiger partial charge on any atom is 0.0964 e. The van der Waals surface area contributed by atoms with Crippen molar-refractivity contribution in [2.24, 2.45) is 0 Å². The van der Waals surface area contributed by atoms with Crippen LogP contribution in [0.5, 0.6) is 0 Å². The molecule has 3 nitrogen and oxygen atoms in total. The first-order valence-corrected chi connectivity index (χ1v) is 7.21. The fraction of sp³-hybridized carbons (Fsp3) is 0.500. The lowest BCUT2D eigenvalue weighted by atomic mass is 10.1. The molecule has 2 rings (SSSR count). The first-order valence-electron chi connectivity index (χ1n) is 6.40. The van der Waals surface area contributed by atoms with Crippen molar-refractivity contribution in [3.8, 4) is 0 Å². The summed E-state index contributed by atoms with van der Waals surface area (Å²) in [6.45, 7) is 3.46. The van der Waals surface area contributed by atoms with Gasteiger partial charge in [0.15, 0.2) is 0 Å². The zero-order chi connectivity index (χ0) is 12.8. The van der Waals surface area contributed by atoms with Crippen molar-refractivity contribution in [1.82, 2.24) is 4.98 Å². The number of nitrogens with zero attached hydrogens (tertiary/aromatic N) is 1. The quantitative estimate of drug-likeness (QED) is 0.782. The van der Waals surface area contributed by atoms with E-state index in [4.69, 9.17) is 4.74 Å². The van der Waals surface area contributed by atoms with Crippen LogP contribution in [0.2, 0.25) is 0 Å². The van der Waals surface area contributed by atoms with Gasteiger partial charge in [-0.25, -0.2) is 4.98 Å². The molecule has 0 fully saturated rings. The number of rotatable bonds is 7. The second kappa shape index (κ2) is 6.83. The Morgan fingerprint density at radius 3 is 3.00 bits per heavy atom. The molecular formula is C14H19NO2S. The van der Waals surface area contributed by atoms with E-state index in [1.165, 1.54) is 4.70 Å². The maximum absolute atomic E-state index is 9.94. The summed E-state index contributed by atoms with van der Waals surface area (Å²) >= 11 is 1.67. The summed E-state index contributed by atoms with van der Waals surface area (Å²) in [5, 5.41) is 11.0. The van der Waals surface area contributed by atoms with E-state index in [1.807, 2.05) is 25.1 Å². The highest BCUT2D eigenvalue weighted by Gasteiger charge is 2.09. The van der Waals surface area contributed by atoms with E-state index in [2.05, 4.69) is 11.1 Å². The Morgan fingerprint density at radius 1 is 1.39 bits per heavy atom. The smallest absolute Gasteiger partial charge is 0.0964 e. The molecular weight excluding hydrogens is 246 g/mol. The average molecular weight is 265 g/mol. The van der Waals surface area contributed by atoms with Crippen molar-refractivity contribution in [3.63, 3.8) is 0 Å². The van der Waals surface area contributed by atoms with Crippen LogP contribution >= 0.6 is 11.3 Å². The summed E-state index contributed by atoms with van der Waals surface area (Å²) in [7, 11) is 0. The van der Waals surface area contributed by atoms with Gasteiger partial charge >= 0.3 is 0 Å². The Balaban J connectivity index is 1.84. The summed E-state index contributed by atoms with van der Waals surface area (Å²) in [6.07, 6.45) is 2.01. The van der Waals surface area contributed by atoms with Gasteiger partial charge in [-0.2, -0.15) is 0 Å². The van der Waals surface area contributed by atoms with Crippen molar-refractivity contribution in [2.75, 3.05) is 13.2 Å². The van der Waals surface area contributed by atoms with Crippen LogP contribution in [0.25, 0.3) is 10.2 Å². The fourth-order valence-corrected chi connectivity index (χ4v) is 2.91. The third kappa shape index (κ3) is 3.77. The van der Waals surface area contributed by atoms with E-state index >= 15 is 0 Å². The molecule has 18 heavy (non-hydrogen) atoms. The normalized spacial score (nSPS) is 13.0. The van der Waals surface area contributed by atoms with Gasteiger partial charge in [0.2, 0.25) is 0 Å². The number of aliphatic hydroxyl groups excluding tert-OH is 1. The number of benzene rings is 1. The zero-order valence-corrected chi connectivity index (χ0v) is 11.4. The first-order chi connectivity index (χ1) is 8.79. The van der Waals surface area contributed by atoms with Crippen LogP contribution < -0.4 is 0 Å². The summed E-state index contributed by atoms with van der Waals surface area (Å²) in [6, 6.07) is 8.09. The maximum atomic E-state index is 9.94. The Labute approximate surface area is 111 Å². The third-order valence-corrected chi connectivity index (χ3v) is 3.84. The monoisotopic (exact) mass is 265 g/mol. The van der Waals surface area contributed by atoms with Crippen LogP contribution in [-0.4, -0.2) is 29.4 Å². The van der Waals surface area contributed by atoms with Crippen LogP contribution in [0.3, 0.4) is 0 Å². The molecule has 1 heterocycles. The largest absolute Gasteiger partial charge is 0.393 e. The van der Waals surface area contributed by atoms with Gasteiger partial charge in [0.1, 0.15) is 0 Å². The second-order valence-electron chi connectivity index (χ2n) is 4.27. The van der Waals surface area contributed by atoms with Gasteiger partial charge in [0.05, 0.1) is 21.3 Å². The van der Waals surface area contributed by atoms with E-state index in [9.17, 15) is 5.11 Å². The lowest BCUT2D eigenvalue weighted by Crippen LogP contribution is -2.11. The van der Waals surface area contributed by atoms with Gasteiger partial charge in [0, 0.05) is 19.6 Å². The van der Waals surface area contributed by atoms with Gasteiger partial charge < -0.3 is 9.84 Å². The molecule has 1 N–H and O–H groups in total. The Hall–Kier alpha value is -0.970. The molecule has 1 aromatic heterocycles. The molecule has 1 atom stereocenters.